The summed E-state index contributed by atoms with van der Waals surface area (Å²) in [6.45, 7) is 3.34. The lowest BCUT2D eigenvalue weighted by Crippen LogP contribution is -2.30. The molecule has 112 valence electrons. The van der Waals surface area contributed by atoms with Crippen LogP contribution in [0.1, 0.15) is 31.6 Å². The number of rotatable bonds is 6. The molecule has 21 heavy (non-hydrogen) atoms. The molecule has 0 saturated heterocycles. The number of ether oxygens (including phenoxy) is 1. The van der Waals surface area contributed by atoms with Crippen LogP contribution in [0.3, 0.4) is 0 Å². The molecule has 0 radical (unpaired) electrons. The largest absolute Gasteiger partial charge is 0.383 e. The average Bonchev–Trinajstić information content (AvgIpc) is 3.27. The van der Waals surface area contributed by atoms with Crippen LogP contribution in [-0.2, 0) is 16.1 Å². The molecule has 3 rings (SSSR count). The van der Waals surface area contributed by atoms with Gasteiger partial charge in [-0.3, -0.25) is 4.79 Å². The third kappa shape index (κ3) is 2.93. The quantitative estimate of drug-likeness (QED) is 0.886. The molecular weight excluding hydrogens is 266 g/mol. The molecular formula is C16H21N3O2. The summed E-state index contributed by atoms with van der Waals surface area (Å²) in [7, 11) is 1.69. The van der Waals surface area contributed by atoms with Crippen molar-refractivity contribution in [3.05, 3.63) is 30.1 Å². The maximum Gasteiger partial charge on any atom is 0.223 e. The molecule has 0 bridgehead atoms. The highest BCUT2D eigenvalue weighted by molar-refractivity contribution is 5.81. The van der Waals surface area contributed by atoms with E-state index >= 15 is 0 Å². The van der Waals surface area contributed by atoms with Gasteiger partial charge in [-0.25, -0.2) is 4.98 Å². The van der Waals surface area contributed by atoms with Crippen molar-refractivity contribution in [2.24, 2.45) is 5.92 Å². The first-order chi connectivity index (χ1) is 10.2. The number of hydrogen-bond donors (Lipinski definition) is 1. The molecule has 0 aliphatic heterocycles. The predicted molar refractivity (Wildman–Crippen MR) is 80.9 cm³/mol. The first kappa shape index (κ1) is 14.1. The van der Waals surface area contributed by atoms with Crippen LogP contribution < -0.4 is 5.32 Å². The zero-order valence-corrected chi connectivity index (χ0v) is 12.5. The van der Waals surface area contributed by atoms with E-state index in [2.05, 4.69) is 16.0 Å². The van der Waals surface area contributed by atoms with E-state index in [4.69, 9.17) is 9.72 Å². The Balaban J connectivity index is 1.89. The molecule has 1 saturated carbocycles. The maximum atomic E-state index is 12.0. The SMILES string of the molecule is COCCn1c(C(C)NC(=O)C2CC2)nc2ccccc21. The van der Waals surface area contributed by atoms with Gasteiger partial charge in [0.15, 0.2) is 0 Å². The van der Waals surface area contributed by atoms with E-state index in [1.165, 1.54) is 0 Å². The number of hydrogen-bond acceptors (Lipinski definition) is 3. The summed E-state index contributed by atoms with van der Waals surface area (Å²) in [6.07, 6.45) is 2.03. The number of para-hydroxylation sites is 2. The minimum absolute atomic E-state index is 0.0950. The second-order valence-corrected chi connectivity index (χ2v) is 5.61. The Bertz CT molecular complexity index is 646. The number of fused-ring (bicyclic) bond motifs is 1. The van der Waals surface area contributed by atoms with Crippen molar-refractivity contribution in [1.82, 2.24) is 14.9 Å². The van der Waals surface area contributed by atoms with Crippen LogP contribution in [-0.4, -0.2) is 29.2 Å². The van der Waals surface area contributed by atoms with Gasteiger partial charge in [0.1, 0.15) is 5.82 Å². The third-order valence-electron chi connectivity index (χ3n) is 3.90. The molecule has 0 spiro atoms. The standard InChI is InChI=1S/C16H21N3O2/c1-11(17-16(20)12-7-8-12)15-18-13-5-3-4-6-14(13)19(15)9-10-21-2/h3-6,11-12H,7-10H2,1-2H3,(H,17,20). The summed E-state index contributed by atoms with van der Waals surface area (Å²) >= 11 is 0. The minimum atomic E-state index is -0.0950. The topological polar surface area (TPSA) is 56.1 Å². The lowest BCUT2D eigenvalue weighted by atomic mass is 10.2. The Labute approximate surface area is 124 Å². The van der Waals surface area contributed by atoms with E-state index < -0.39 is 0 Å². The van der Waals surface area contributed by atoms with Crippen LogP contribution in [0.2, 0.25) is 0 Å². The van der Waals surface area contributed by atoms with E-state index in [0.717, 1.165) is 36.2 Å². The number of methoxy groups -OCH3 is 1. The maximum absolute atomic E-state index is 12.0. The normalized spacial score (nSPS) is 16.1. The molecule has 1 aliphatic rings. The van der Waals surface area contributed by atoms with E-state index in [-0.39, 0.29) is 17.9 Å². The first-order valence-electron chi connectivity index (χ1n) is 7.45. The average molecular weight is 287 g/mol. The minimum Gasteiger partial charge on any atom is -0.383 e. The number of nitrogens with zero attached hydrogens (tertiary/aromatic N) is 2. The molecule has 1 aromatic heterocycles. The number of aromatic nitrogens is 2. The van der Waals surface area contributed by atoms with E-state index in [1.807, 2.05) is 25.1 Å². The van der Waals surface area contributed by atoms with Gasteiger partial charge in [-0.05, 0) is 31.9 Å². The van der Waals surface area contributed by atoms with Gasteiger partial charge in [-0.2, -0.15) is 0 Å². The second-order valence-electron chi connectivity index (χ2n) is 5.61. The summed E-state index contributed by atoms with van der Waals surface area (Å²) in [4.78, 5) is 16.6. The summed E-state index contributed by atoms with van der Waals surface area (Å²) in [5.74, 6) is 1.25. The highest BCUT2D eigenvalue weighted by atomic mass is 16.5. The Morgan fingerprint density at radius 1 is 1.48 bits per heavy atom. The van der Waals surface area contributed by atoms with Crippen molar-refractivity contribution in [2.45, 2.75) is 32.4 Å². The van der Waals surface area contributed by atoms with E-state index in [0.29, 0.717) is 6.61 Å². The van der Waals surface area contributed by atoms with Gasteiger partial charge in [0.2, 0.25) is 5.91 Å². The predicted octanol–water partition coefficient (Wildman–Crippen LogP) is 2.27. The van der Waals surface area contributed by atoms with Crippen LogP contribution in [0.25, 0.3) is 11.0 Å². The number of amides is 1. The fourth-order valence-electron chi connectivity index (χ4n) is 2.58. The van der Waals surface area contributed by atoms with Crippen molar-refractivity contribution < 1.29 is 9.53 Å². The number of carbonyl (C=O) groups excluding carboxylic acids is 1. The van der Waals surface area contributed by atoms with Crippen molar-refractivity contribution >= 4 is 16.9 Å². The van der Waals surface area contributed by atoms with Crippen molar-refractivity contribution in [2.75, 3.05) is 13.7 Å². The molecule has 1 heterocycles. The van der Waals surface area contributed by atoms with Crippen molar-refractivity contribution in [3.8, 4) is 0 Å². The van der Waals surface area contributed by atoms with Gasteiger partial charge >= 0.3 is 0 Å². The molecule has 1 atom stereocenters. The van der Waals surface area contributed by atoms with Crippen molar-refractivity contribution in [1.29, 1.82) is 0 Å². The van der Waals surface area contributed by atoms with E-state index in [9.17, 15) is 4.79 Å². The molecule has 1 amide bonds. The fraction of sp³-hybridized carbons (Fsp3) is 0.500. The number of carbonyl (C=O) groups is 1. The number of benzene rings is 1. The van der Waals surface area contributed by atoms with Crippen molar-refractivity contribution in [3.63, 3.8) is 0 Å². The third-order valence-corrected chi connectivity index (χ3v) is 3.90. The Morgan fingerprint density at radius 2 is 2.24 bits per heavy atom. The van der Waals surface area contributed by atoms with E-state index in [1.54, 1.807) is 7.11 Å². The second kappa shape index (κ2) is 5.85. The number of nitrogens with one attached hydrogen (secondary N) is 1. The highest BCUT2D eigenvalue weighted by Crippen LogP contribution is 2.30. The zero-order valence-electron chi connectivity index (χ0n) is 12.5. The summed E-state index contributed by atoms with van der Waals surface area (Å²) in [5, 5.41) is 3.07. The van der Waals surface area contributed by atoms with Gasteiger partial charge in [0, 0.05) is 19.6 Å². The van der Waals surface area contributed by atoms with Crippen LogP contribution in [0.5, 0.6) is 0 Å². The lowest BCUT2D eigenvalue weighted by molar-refractivity contribution is -0.123. The van der Waals surface area contributed by atoms with Gasteiger partial charge in [0.05, 0.1) is 23.7 Å². The monoisotopic (exact) mass is 287 g/mol. The molecule has 1 fully saturated rings. The summed E-state index contributed by atoms with van der Waals surface area (Å²) < 4.78 is 7.33. The van der Waals surface area contributed by atoms with Crippen LogP contribution in [0, 0.1) is 5.92 Å². The highest BCUT2D eigenvalue weighted by Gasteiger charge is 2.31. The molecule has 1 aliphatic carbocycles. The lowest BCUT2D eigenvalue weighted by Gasteiger charge is -2.16. The molecule has 5 heteroatoms. The Morgan fingerprint density at radius 3 is 2.95 bits per heavy atom. The van der Waals surface area contributed by atoms with Gasteiger partial charge in [0.25, 0.3) is 0 Å². The van der Waals surface area contributed by atoms with Gasteiger partial charge in [-0.15, -0.1) is 0 Å². The van der Waals surface area contributed by atoms with Crippen LogP contribution >= 0.6 is 0 Å². The molecule has 1 N–H and O–H groups in total. The molecule has 1 aromatic carbocycles. The van der Waals surface area contributed by atoms with Crippen LogP contribution in [0.15, 0.2) is 24.3 Å². The Kier molecular flexibility index (Phi) is 3.92. The molecule has 5 nitrogen and oxygen atoms in total. The Hall–Kier alpha value is -1.88. The fourth-order valence-corrected chi connectivity index (χ4v) is 2.58. The van der Waals surface area contributed by atoms with Gasteiger partial charge in [-0.1, -0.05) is 12.1 Å². The molecule has 2 aromatic rings. The molecule has 1 unspecified atom stereocenters. The van der Waals surface area contributed by atoms with Gasteiger partial charge < -0.3 is 14.6 Å². The van der Waals surface area contributed by atoms with Crippen LogP contribution in [0.4, 0.5) is 0 Å². The first-order valence-corrected chi connectivity index (χ1v) is 7.45. The number of imidazole rings is 1. The smallest absolute Gasteiger partial charge is 0.223 e. The zero-order chi connectivity index (χ0) is 14.8. The summed E-state index contributed by atoms with van der Waals surface area (Å²) in [5.41, 5.74) is 2.04. The summed E-state index contributed by atoms with van der Waals surface area (Å²) in [6, 6.07) is 7.94.